The molecule has 4 atom stereocenters. The van der Waals surface area contributed by atoms with Gasteiger partial charge in [-0.25, -0.2) is 0 Å². The number of carbonyl (C=O) groups excluding carboxylic acids is 1. The van der Waals surface area contributed by atoms with Crippen LogP contribution >= 0.6 is 15.9 Å². The van der Waals surface area contributed by atoms with Crippen molar-refractivity contribution in [1.29, 1.82) is 0 Å². The first-order chi connectivity index (χ1) is 14.0. The molecular formula is C23H25BrO5. The molecule has 2 aromatic rings. The van der Waals surface area contributed by atoms with E-state index < -0.39 is 23.8 Å². The van der Waals surface area contributed by atoms with Crippen LogP contribution in [0, 0.1) is 11.8 Å². The highest BCUT2D eigenvalue weighted by Crippen LogP contribution is 2.43. The second-order valence-electron chi connectivity index (χ2n) is 7.27. The van der Waals surface area contributed by atoms with Crippen LogP contribution < -0.4 is 0 Å². The van der Waals surface area contributed by atoms with E-state index in [2.05, 4.69) is 15.9 Å². The third-order valence-electron chi connectivity index (χ3n) is 5.41. The van der Waals surface area contributed by atoms with Gasteiger partial charge in [-0.3, -0.25) is 9.59 Å². The summed E-state index contributed by atoms with van der Waals surface area (Å²) < 4.78 is 12.3. The Morgan fingerprint density at radius 2 is 1.76 bits per heavy atom. The van der Waals surface area contributed by atoms with Crippen LogP contribution in [-0.2, 0) is 25.7 Å². The number of esters is 1. The zero-order valence-electron chi connectivity index (χ0n) is 16.3. The molecule has 3 rings (SSSR count). The maximum absolute atomic E-state index is 13.1. The number of halogens is 1. The van der Waals surface area contributed by atoms with Gasteiger partial charge in [0.05, 0.1) is 17.9 Å². The van der Waals surface area contributed by atoms with Gasteiger partial charge in [-0.1, -0.05) is 58.4 Å². The molecule has 0 aromatic heterocycles. The quantitative estimate of drug-likeness (QED) is 0.601. The monoisotopic (exact) mass is 460 g/mol. The van der Waals surface area contributed by atoms with E-state index in [9.17, 15) is 14.7 Å². The minimum absolute atomic E-state index is 0.129. The zero-order valence-corrected chi connectivity index (χ0v) is 17.9. The molecule has 154 valence electrons. The van der Waals surface area contributed by atoms with E-state index in [4.69, 9.17) is 9.47 Å². The second kappa shape index (κ2) is 10.0. The summed E-state index contributed by atoms with van der Waals surface area (Å²) >= 11 is 3.43. The van der Waals surface area contributed by atoms with E-state index in [1.165, 1.54) is 0 Å². The van der Waals surface area contributed by atoms with E-state index >= 15 is 0 Å². The number of benzene rings is 2. The van der Waals surface area contributed by atoms with Gasteiger partial charge in [0, 0.05) is 17.0 Å². The Kier molecular flexibility index (Phi) is 7.45. The smallest absolute Gasteiger partial charge is 0.310 e. The summed E-state index contributed by atoms with van der Waals surface area (Å²) in [6.45, 7) is 2.53. The van der Waals surface area contributed by atoms with Crippen LogP contribution in [-0.4, -0.2) is 29.8 Å². The number of carboxylic acids is 1. The molecule has 0 saturated heterocycles. The fourth-order valence-corrected chi connectivity index (χ4v) is 4.33. The number of carboxylic acid groups (broad SMARTS) is 1. The minimum atomic E-state index is -0.988. The van der Waals surface area contributed by atoms with Crippen molar-refractivity contribution in [3.63, 3.8) is 0 Å². The summed E-state index contributed by atoms with van der Waals surface area (Å²) in [6, 6.07) is 17.1. The molecule has 0 spiro atoms. The molecule has 1 N–H and O–H groups in total. The molecule has 0 heterocycles. The number of rotatable bonds is 7. The van der Waals surface area contributed by atoms with Crippen molar-refractivity contribution < 1.29 is 24.2 Å². The maximum atomic E-state index is 13.1. The number of hydrogen-bond acceptors (Lipinski definition) is 4. The van der Waals surface area contributed by atoms with Gasteiger partial charge >= 0.3 is 11.9 Å². The molecule has 1 fully saturated rings. The lowest BCUT2D eigenvalue weighted by molar-refractivity contribution is -0.165. The molecular weight excluding hydrogens is 436 g/mol. The first-order valence-corrected chi connectivity index (χ1v) is 10.6. The Labute approximate surface area is 179 Å². The SMILES string of the molecule is CCO[C@@H]1C[C@H](C(=O)O)[C@@H](C(=O)OCc2ccccc2)[C@H](c2ccc(Br)cc2)C1. The van der Waals surface area contributed by atoms with Crippen molar-refractivity contribution in [2.45, 2.75) is 38.4 Å². The van der Waals surface area contributed by atoms with Gasteiger partial charge in [0.15, 0.2) is 0 Å². The predicted octanol–water partition coefficient (Wildman–Crippen LogP) is 4.79. The van der Waals surface area contributed by atoms with Gasteiger partial charge in [0.25, 0.3) is 0 Å². The average Bonchev–Trinajstić information content (AvgIpc) is 2.73. The lowest BCUT2D eigenvalue weighted by atomic mass is 9.68. The summed E-state index contributed by atoms with van der Waals surface area (Å²) in [7, 11) is 0. The summed E-state index contributed by atoms with van der Waals surface area (Å²) in [5.74, 6) is -3.34. The van der Waals surface area contributed by atoms with Crippen molar-refractivity contribution in [3.8, 4) is 0 Å². The highest BCUT2D eigenvalue weighted by Gasteiger charge is 2.47. The van der Waals surface area contributed by atoms with Gasteiger partial charge in [0.2, 0.25) is 0 Å². The normalized spacial score (nSPS) is 24.1. The van der Waals surface area contributed by atoms with Gasteiger partial charge in [-0.05, 0) is 43.0 Å². The maximum Gasteiger partial charge on any atom is 0.310 e. The third-order valence-corrected chi connectivity index (χ3v) is 5.94. The van der Waals surface area contributed by atoms with Gasteiger partial charge in [0.1, 0.15) is 6.61 Å². The lowest BCUT2D eigenvalue weighted by Crippen LogP contribution is -2.43. The van der Waals surface area contributed by atoms with E-state index in [1.54, 1.807) is 0 Å². The van der Waals surface area contributed by atoms with Crippen LogP contribution in [0.25, 0.3) is 0 Å². The number of carbonyl (C=O) groups is 2. The van der Waals surface area contributed by atoms with Crippen LogP contribution in [0.5, 0.6) is 0 Å². The molecule has 1 saturated carbocycles. The molecule has 0 bridgehead atoms. The van der Waals surface area contributed by atoms with Gasteiger partial charge < -0.3 is 14.6 Å². The summed E-state index contributed by atoms with van der Waals surface area (Å²) in [5, 5.41) is 9.87. The Morgan fingerprint density at radius 3 is 2.38 bits per heavy atom. The zero-order chi connectivity index (χ0) is 20.8. The summed E-state index contributed by atoms with van der Waals surface area (Å²) in [5.41, 5.74) is 1.79. The predicted molar refractivity (Wildman–Crippen MR) is 112 cm³/mol. The molecule has 1 aliphatic carbocycles. The number of aliphatic carboxylic acids is 1. The van der Waals surface area contributed by atoms with Crippen LogP contribution in [0.3, 0.4) is 0 Å². The molecule has 0 amide bonds. The highest BCUT2D eigenvalue weighted by molar-refractivity contribution is 9.10. The van der Waals surface area contributed by atoms with Crippen molar-refractivity contribution in [3.05, 3.63) is 70.2 Å². The largest absolute Gasteiger partial charge is 0.481 e. The van der Waals surface area contributed by atoms with E-state index in [0.29, 0.717) is 19.4 Å². The van der Waals surface area contributed by atoms with Crippen LogP contribution in [0.4, 0.5) is 0 Å². The average molecular weight is 461 g/mol. The Hall–Kier alpha value is -2.18. The van der Waals surface area contributed by atoms with Crippen LogP contribution in [0.2, 0.25) is 0 Å². The van der Waals surface area contributed by atoms with Crippen molar-refractivity contribution in [1.82, 2.24) is 0 Å². The van der Waals surface area contributed by atoms with Crippen LogP contribution in [0.15, 0.2) is 59.1 Å². The topological polar surface area (TPSA) is 72.8 Å². The standard InChI is InChI=1S/C23H25BrO5/c1-2-28-18-12-19(16-8-10-17(24)11-9-16)21(20(13-18)22(25)26)23(27)29-14-15-6-4-3-5-7-15/h3-11,18-21H,2,12-14H2,1H3,(H,25,26)/t18-,19-,20-,21-/m0/s1. The van der Waals surface area contributed by atoms with Crippen molar-refractivity contribution in [2.24, 2.45) is 11.8 Å². The third kappa shape index (κ3) is 5.46. The molecule has 6 heteroatoms. The van der Waals surface area contributed by atoms with Crippen LogP contribution in [0.1, 0.15) is 36.8 Å². The number of hydrogen-bond donors (Lipinski definition) is 1. The first-order valence-electron chi connectivity index (χ1n) is 9.80. The molecule has 2 aromatic carbocycles. The van der Waals surface area contributed by atoms with Crippen molar-refractivity contribution in [2.75, 3.05) is 6.61 Å². The second-order valence-corrected chi connectivity index (χ2v) is 8.19. The van der Waals surface area contributed by atoms with Gasteiger partial charge in [-0.2, -0.15) is 0 Å². The minimum Gasteiger partial charge on any atom is -0.481 e. The molecule has 1 aliphatic rings. The first kappa shape index (κ1) is 21.5. The Balaban J connectivity index is 1.87. The van der Waals surface area contributed by atoms with E-state index in [1.807, 2.05) is 61.5 Å². The summed E-state index contributed by atoms with van der Waals surface area (Å²) in [4.78, 5) is 25.1. The van der Waals surface area contributed by atoms with Gasteiger partial charge in [-0.15, -0.1) is 0 Å². The fourth-order valence-electron chi connectivity index (χ4n) is 4.07. The van der Waals surface area contributed by atoms with E-state index in [0.717, 1.165) is 15.6 Å². The molecule has 0 unspecified atom stereocenters. The number of ether oxygens (including phenoxy) is 2. The van der Waals surface area contributed by atoms with E-state index in [-0.39, 0.29) is 18.6 Å². The molecule has 5 nitrogen and oxygen atoms in total. The summed E-state index contributed by atoms with van der Waals surface area (Å²) in [6.07, 6.45) is 0.694. The lowest BCUT2D eigenvalue weighted by Gasteiger charge is -2.39. The fraction of sp³-hybridized carbons (Fsp3) is 0.391. The Bertz CT molecular complexity index is 821. The molecule has 29 heavy (non-hydrogen) atoms. The van der Waals surface area contributed by atoms with Crippen molar-refractivity contribution >= 4 is 27.9 Å². The molecule has 0 radical (unpaired) electrons. The molecule has 0 aliphatic heterocycles. The highest BCUT2D eigenvalue weighted by atomic mass is 79.9. The Morgan fingerprint density at radius 1 is 1.07 bits per heavy atom.